The minimum absolute atomic E-state index is 0.0332. The number of rotatable bonds is 4. The highest BCUT2D eigenvalue weighted by molar-refractivity contribution is 6.01. The Bertz CT molecular complexity index is 1000. The van der Waals surface area contributed by atoms with E-state index in [2.05, 4.69) is 10.9 Å². The van der Waals surface area contributed by atoms with Crippen LogP contribution < -0.4 is 15.8 Å². The van der Waals surface area contributed by atoms with Gasteiger partial charge in [0.25, 0.3) is 11.6 Å². The number of nitrogens with one attached hydrogen (secondary N) is 2. The molecule has 3 amide bonds. The van der Waals surface area contributed by atoms with Crippen molar-refractivity contribution < 1.29 is 19.3 Å². The number of amides is 3. The molecule has 1 aliphatic heterocycles. The second-order valence-corrected chi connectivity index (χ2v) is 6.92. The van der Waals surface area contributed by atoms with E-state index in [1.165, 1.54) is 18.2 Å². The average Bonchev–Trinajstić information content (AvgIpc) is 3.09. The maximum absolute atomic E-state index is 12.4. The van der Waals surface area contributed by atoms with E-state index in [-0.39, 0.29) is 30.1 Å². The van der Waals surface area contributed by atoms with Gasteiger partial charge < -0.3 is 4.90 Å². The minimum Gasteiger partial charge on any atom is -0.312 e. The quantitative estimate of drug-likeness (QED) is 0.605. The predicted octanol–water partition coefficient (Wildman–Crippen LogP) is 2.03. The highest BCUT2D eigenvalue weighted by Crippen LogP contribution is 2.26. The minimum atomic E-state index is -0.683. The number of carbonyl (C=O) groups is 3. The zero-order chi connectivity index (χ0) is 21.1. The van der Waals surface area contributed by atoms with Gasteiger partial charge in [0.2, 0.25) is 11.8 Å². The number of aryl methyl sites for hydroxylation is 2. The van der Waals surface area contributed by atoms with E-state index in [0.717, 1.165) is 22.9 Å². The molecule has 2 aromatic carbocycles. The van der Waals surface area contributed by atoms with E-state index in [4.69, 9.17) is 0 Å². The van der Waals surface area contributed by atoms with Crippen LogP contribution in [0.3, 0.4) is 0 Å². The smallest absolute Gasteiger partial charge is 0.270 e. The molecule has 1 saturated heterocycles. The highest BCUT2D eigenvalue weighted by Gasteiger charge is 2.35. The second-order valence-electron chi connectivity index (χ2n) is 6.92. The van der Waals surface area contributed by atoms with E-state index in [1.54, 1.807) is 4.90 Å². The molecule has 0 aromatic heterocycles. The van der Waals surface area contributed by atoms with Gasteiger partial charge in [-0.25, -0.2) is 0 Å². The summed E-state index contributed by atoms with van der Waals surface area (Å²) >= 11 is 0. The van der Waals surface area contributed by atoms with Crippen LogP contribution in [-0.4, -0.2) is 29.2 Å². The number of hydrogen-bond donors (Lipinski definition) is 2. The van der Waals surface area contributed by atoms with Crippen LogP contribution >= 0.6 is 0 Å². The first kappa shape index (κ1) is 20.0. The summed E-state index contributed by atoms with van der Waals surface area (Å²) in [7, 11) is 0. The number of nitrogens with zero attached hydrogens (tertiary/aromatic N) is 2. The summed E-state index contributed by atoms with van der Waals surface area (Å²) in [6, 6.07) is 10.8. The third-order valence-electron chi connectivity index (χ3n) is 4.92. The number of carbonyl (C=O) groups excluding carboxylic acids is 3. The maximum Gasteiger partial charge on any atom is 0.270 e. The molecule has 0 radical (unpaired) electrons. The van der Waals surface area contributed by atoms with Gasteiger partial charge in [0.05, 0.1) is 10.8 Å². The van der Waals surface area contributed by atoms with E-state index >= 15 is 0 Å². The van der Waals surface area contributed by atoms with Gasteiger partial charge in [-0.2, -0.15) is 0 Å². The van der Waals surface area contributed by atoms with E-state index in [9.17, 15) is 24.5 Å². The average molecular weight is 396 g/mol. The van der Waals surface area contributed by atoms with Crippen molar-refractivity contribution in [3.63, 3.8) is 0 Å². The molecular formula is C20H20N4O5. The van der Waals surface area contributed by atoms with Gasteiger partial charge in [-0.3, -0.25) is 35.3 Å². The van der Waals surface area contributed by atoms with Crippen molar-refractivity contribution in [1.82, 2.24) is 10.9 Å². The molecule has 1 aliphatic rings. The van der Waals surface area contributed by atoms with Crippen LogP contribution in [0.25, 0.3) is 0 Å². The Balaban J connectivity index is 1.60. The molecule has 9 nitrogen and oxygen atoms in total. The molecule has 150 valence electrons. The number of nitro groups is 1. The third kappa shape index (κ3) is 4.40. The van der Waals surface area contributed by atoms with Crippen molar-refractivity contribution in [1.29, 1.82) is 0 Å². The summed E-state index contributed by atoms with van der Waals surface area (Å²) in [5, 5.41) is 10.8. The monoisotopic (exact) mass is 396 g/mol. The van der Waals surface area contributed by atoms with Crippen molar-refractivity contribution in [3.05, 3.63) is 69.3 Å². The summed E-state index contributed by atoms with van der Waals surface area (Å²) in [4.78, 5) is 48.6. The second kappa shape index (κ2) is 8.09. The van der Waals surface area contributed by atoms with Crippen molar-refractivity contribution in [2.75, 3.05) is 11.4 Å². The van der Waals surface area contributed by atoms with Gasteiger partial charge in [0, 0.05) is 36.3 Å². The van der Waals surface area contributed by atoms with Gasteiger partial charge in [-0.1, -0.05) is 12.1 Å². The SMILES string of the molecule is Cc1ccc(N2C[C@H](C(=O)NNC(=O)c3cccc([N+](=O)[O-])c3)CC2=O)cc1C. The van der Waals surface area contributed by atoms with Crippen LogP contribution in [0.2, 0.25) is 0 Å². The van der Waals surface area contributed by atoms with Crippen LogP contribution in [-0.2, 0) is 9.59 Å². The number of benzene rings is 2. The zero-order valence-electron chi connectivity index (χ0n) is 16.0. The maximum atomic E-state index is 12.4. The molecule has 1 atom stereocenters. The standard InChI is InChI=1S/C20H20N4O5/c1-12-6-7-16(8-13(12)2)23-11-15(10-18(23)25)20(27)22-21-19(26)14-4-3-5-17(9-14)24(28)29/h3-9,15H,10-11H2,1-2H3,(H,21,26)(H,22,27)/t15-/m1/s1. The van der Waals surface area contributed by atoms with Crippen LogP contribution in [0.4, 0.5) is 11.4 Å². The molecular weight excluding hydrogens is 376 g/mol. The van der Waals surface area contributed by atoms with Gasteiger partial charge in [0.15, 0.2) is 0 Å². The molecule has 1 heterocycles. The van der Waals surface area contributed by atoms with Crippen LogP contribution in [0, 0.1) is 29.9 Å². The fraction of sp³-hybridized carbons (Fsp3) is 0.250. The van der Waals surface area contributed by atoms with Crippen LogP contribution in [0.15, 0.2) is 42.5 Å². The Hall–Kier alpha value is -3.75. The Morgan fingerprint density at radius 3 is 2.55 bits per heavy atom. The van der Waals surface area contributed by atoms with E-state index in [1.807, 2.05) is 32.0 Å². The van der Waals surface area contributed by atoms with Gasteiger partial charge in [-0.15, -0.1) is 0 Å². The predicted molar refractivity (Wildman–Crippen MR) is 105 cm³/mol. The molecule has 0 spiro atoms. The summed E-state index contributed by atoms with van der Waals surface area (Å²) in [6.45, 7) is 4.14. The first-order valence-electron chi connectivity index (χ1n) is 8.98. The van der Waals surface area contributed by atoms with Crippen molar-refractivity contribution in [2.24, 2.45) is 5.92 Å². The normalized spacial score (nSPS) is 15.9. The zero-order valence-corrected chi connectivity index (χ0v) is 16.0. The molecule has 9 heteroatoms. The topological polar surface area (TPSA) is 122 Å². The lowest BCUT2D eigenvalue weighted by Gasteiger charge is -2.18. The molecule has 1 fully saturated rings. The molecule has 2 aromatic rings. The molecule has 29 heavy (non-hydrogen) atoms. The lowest BCUT2D eigenvalue weighted by molar-refractivity contribution is -0.384. The Morgan fingerprint density at radius 1 is 1.10 bits per heavy atom. The molecule has 3 rings (SSSR count). The molecule has 0 saturated carbocycles. The Morgan fingerprint density at radius 2 is 1.86 bits per heavy atom. The number of non-ortho nitro benzene ring substituents is 1. The number of hydrogen-bond acceptors (Lipinski definition) is 5. The van der Waals surface area contributed by atoms with Crippen molar-refractivity contribution in [2.45, 2.75) is 20.3 Å². The molecule has 0 bridgehead atoms. The Kier molecular flexibility index (Phi) is 5.58. The molecule has 2 N–H and O–H groups in total. The largest absolute Gasteiger partial charge is 0.312 e. The third-order valence-corrected chi connectivity index (χ3v) is 4.92. The lowest BCUT2D eigenvalue weighted by atomic mass is 10.1. The summed E-state index contributed by atoms with van der Waals surface area (Å²) in [5.41, 5.74) is 7.24. The van der Waals surface area contributed by atoms with Crippen molar-refractivity contribution >= 4 is 29.1 Å². The highest BCUT2D eigenvalue weighted by atomic mass is 16.6. The van der Waals surface area contributed by atoms with Crippen LogP contribution in [0.1, 0.15) is 27.9 Å². The first-order valence-corrected chi connectivity index (χ1v) is 8.98. The summed E-state index contributed by atoms with van der Waals surface area (Å²) in [6.07, 6.45) is 0.0332. The van der Waals surface area contributed by atoms with Crippen LogP contribution in [0.5, 0.6) is 0 Å². The van der Waals surface area contributed by atoms with Gasteiger partial charge >= 0.3 is 0 Å². The Labute approximate surface area is 166 Å². The van der Waals surface area contributed by atoms with E-state index < -0.39 is 22.7 Å². The van der Waals surface area contributed by atoms with Crippen molar-refractivity contribution in [3.8, 4) is 0 Å². The number of anilines is 1. The lowest BCUT2D eigenvalue weighted by Crippen LogP contribution is -2.45. The molecule has 0 aliphatic carbocycles. The fourth-order valence-electron chi connectivity index (χ4n) is 3.08. The number of nitro benzene ring substituents is 1. The van der Waals surface area contributed by atoms with Gasteiger partial charge in [-0.05, 0) is 43.2 Å². The fourth-order valence-corrected chi connectivity index (χ4v) is 3.08. The number of hydrazine groups is 1. The molecule has 0 unspecified atom stereocenters. The van der Waals surface area contributed by atoms with E-state index in [0.29, 0.717) is 0 Å². The summed E-state index contributed by atoms with van der Waals surface area (Å²) < 4.78 is 0. The summed E-state index contributed by atoms with van der Waals surface area (Å²) in [5.74, 6) is -1.96. The first-order chi connectivity index (χ1) is 13.8. The van der Waals surface area contributed by atoms with Gasteiger partial charge in [0.1, 0.15) is 0 Å².